The lowest BCUT2D eigenvalue weighted by Gasteiger charge is -2.27. The van der Waals surface area contributed by atoms with Crippen molar-refractivity contribution in [3.8, 4) is 11.5 Å². The molecule has 2 heterocycles. The number of ether oxygens (including phenoxy) is 2. The molecule has 0 radical (unpaired) electrons. The Hall–Kier alpha value is -2.75. The van der Waals surface area contributed by atoms with Crippen LogP contribution in [0.2, 0.25) is 0 Å². The second-order valence-corrected chi connectivity index (χ2v) is 8.00. The van der Waals surface area contributed by atoms with Gasteiger partial charge in [-0.05, 0) is 42.5 Å². The average Bonchev–Trinajstić information content (AvgIpc) is 3.29. The number of rotatable bonds is 5. The van der Waals surface area contributed by atoms with E-state index in [4.69, 9.17) is 9.47 Å². The molecular formula is C18H20FN5O3S. The highest BCUT2D eigenvalue weighted by atomic mass is 32.1. The third-order valence-electron chi connectivity index (χ3n) is 4.87. The van der Waals surface area contributed by atoms with Crippen molar-refractivity contribution >= 4 is 33.3 Å². The van der Waals surface area contributed by atoms with E-state index in [0.29, 0.717) is 26.6 Å². The summed E-state index contributed by atoms with van der Waals surface area (Å²) in [5.41, 5.74) is 0. The molecule has 148 valence electrons. The Morgan fingerprint density at radius 3 is 2.96 bits per heavy atom. The lowest BCUT2D eigenvalue weighted by molar-refractivity contribution is 0.101. The molecule has 0 aliphatic heterocycles. The molecule has 8 nitrogen and oxygen atoms in total. The van der Waals surface area contributed by atoms with Gasteiger partial charge in [-0.2, -0.15) is 5.21 Å². The van der Waals surface area contributed by atoms with Crippen LogP contribution in [0.1, 0.15) is 42.3 Å². The predicted octanol–water partition coefficient (Wildman–Crippen LogP) is 3.77. The second-order valence-electron chi connectivity index (χ2n) is 6.94. The van der Waals surface area contributed by atoms with Crippen LogP contribution in [-0.2, 0) is 0 Å². The summed E-state index contributed by atoms with van der Waals surface area (Å²) in [5, 5.41) is 16.4. The largest absolute Gasteiger partial charge is 0.494 e. The highest BCUT2D eigenvalue weighted by molar-refractivity contribution is 7.21. The Kier molecular flexibility index (Phi) is 5.12. The number of thiophene rings is 1. The number of anilines is 1. The van der Waals surface area contributed by atoms with Crippen LogP contribution in [0, 0.1) is 11.7 Å². The summed E-state index contributed by atoms with van der Waals surface area (Å²) in [7, 11) is 1.41. The van der Waals surface area contributed by atoms with Crippen molar-refractivity contribution in [1.82, 2.24) is 20.6 Å². The maximum absolute atomic E-state index is 14.2. The highest BCUT2D eigenvalue weighted by Crippen LogP contribution is 2.42. The van der Waals surface area contributed by atoms with Gasteiger partial charge in [-0.1, -0.05) is 18.4 Å². The lowest BCUT2D eigenvalue weighted by Crippen LogP contribution is -2.25. The number of hydrogen-bond acceptors (Lipinski definition) is 7. The Bertz CT molecular complexity index is 991. The molecule has 1 aliphatic rings. The van der Waals surface area contributed by atoms with E-state index in [1.807, 2.05) is 0 Å². The van der Waals surface area contributed by atoms with Crippen LogP contribution in [0.5, 0.6) is 11.5 Å². The number of benzene rings is 1. The van der Waals surface area contributed by atoms with Crippen LogP contribution < -0.4 is 14.8 Å². The smallest absolute Gasteiger partial charge is 0.272 e. The normalized spacial score (nSPS) is 19.5. The van der Waals surface area contributed by atoms with Crippen LogP contribution >= 0.6 is 11.3 Å². The zero-order valence-electron chi connectivity index (χ0n) is 15.5. The van der Waals surface area contributed by atoms with Crippen LogP contribution in [0.3, 0.4) is 0 Å². The number of tetrazole rings is 1. The number of H-pyrrole nitrogens is 1. The standard InChI is InChI=1S/C18H20FN5O3S/c1-9-4-3-5-10(6-9)27-15-11-7-13(26-2)12(19)8-14(11)28-16(15)17(25)20-18-21-23-24-22-18/h7-10H,3-6H2,1-2H3,(H2,20,21,22,23,24,25). The minimum atomic E-state index is -0.487. The van der Waals surface area contributed by atoms with Gasteiger partial charge in [0, 0.05) is 10.1 Å². The molecule has 0 spiro atoms. The molecule has 0 bridgehead atoms. The maximum atomic E-state index is 14.2. The average molecular weight is 405 g/mol. The summed E-state index contributed by atoms with van der Waals surface area (Å²) in [6, 6.07) is 2.94. The first-order chi connectivity index (χ1) is 13.5. The SMILES string of the molecule is COc1cc2c(OC3CCCC(C)C3)c(C(=O)Nc3nn[nH]n3)sc2cc1F. The first-order valence-corrected chi connectivity index (χ1v) is 9.88. The number of carbonyl (C=O) groups is 1. The summed E-state index contributed by atoms with van der Waals surface area (Å²) < 4.78 is 26.2. The van der Waals surface area contributed by atoms with E-state index < -0.39 is 11.7 Å². The maximum Gasteiger partial charge on any atom is 0.272 e. The summed E-state index contributed by atoms with van der Waals surface area (Å²) in [6.45, 7) is 2.20. The zero-order chi connectivity index (χ0) is 19.7. The molecule has 1 aliphatic carbocycles. The van der Waals surface area contributed by atoms with Gasteiger partial charge in [0.2, 0.25) is 0 Å². The van der Waals surface area contributed by atoms with Crippen molar-refractivity contribution in [1.29, 1.82) is 0 Å². The van der Waals surface area contributed by atoms with Crippen LogP contribution in [0.15, 0.2) is 12.1 Å². The molecule has 0 saturated heterocycles. The van der Waals surface area contributed by atoms with Crippen molar-refractivity contribution in [3.05, 3.63) is 22.8 Å². The van der Waals surface area contributed by atoms with E-state index >= 15 is 0 Å². The van der Waals surface area contributed by atoms with Gasteiger partial charge < -0.3 is 9.47 Å². The van der Waals surface area contributed by atoms with Crippen molar-refractivity contribution in [2.75, 3.05) is 12.4 Å². The lowest BCUT2D eigenvalue weighted by atomic mass is 9.88. The number of carbonyl (C=O) groups excluding carboxylic acids is 1. The highest BCUT2D eigenvalue weighted by Gasteiger charge is 2.27. The number of nitrogens with zero attached hydrogens (tertiary/aromatic N) is 3. The molecule has 1 aromatic carbocycles. The van der Waals surface area contributed by atoms with Crippen LogP contribution in [0.4, 0.5) is 10.3 Å². The van der Waals surface area contributed by atoms with Gasteiger partial charge in [-0.15, -0.1) is 16.4 Å². The number of aromatic nitrogens is 4. The van der Waals surface area contributed by atoms with Crippen molar-refractivity contribution < 1.29 is 18.7 Å². The minimum absolute atomic E-state index is 0.00863. The van der Waals surface area contributed by atoms with Crippen molar-refractivity contribution in [2.45, 2.75) is 38.7 Å². The summed E-state index contributed by atoms with van der Waals surface area (Å²) in [6.07, 6.45) is 4.10. The number of hydrogen-bond donors (Lipinski definition) is 2. The molecule has 10 heteroatoms. The molecule has 3 aromatic rings. The molecule has 1 fully saturated rings. The van der Waals surface area contributed by atoms with Gasteiger partial charge in [0.1, 0.15) is 4.88 Å². The molecule has 28 heavy (non-hydrogen) atoms. The minimum Gasteiger partial charge on any atom is -0.494 e. The van der Waals surface area contributed by atoms with Crippen molar-refractivity contribution in [3.63, 3.8) is 0 Å². The van der Waals surface area contributed by atoms with Crippen LogP contribution in [-0.4, -0.2) is 39.7 Å². The topological polar surface area (TPSA) is 102 Å². The first kappa shape index (κ1) is 18.6. The van der Waals surface area contributed by atoms with E-state index in [1.54, 1.807) is 6.07 Å². The number of amides is 1. The summed E-state index contributed by atoms with van der Waals surface area (Å²) in [5.74, 6) is 0.256. The third-order valence-corrected chi connectivity index (χ3v) is 6.00. The van der Waals surface area contributed by atoms with Gasteiger partial charge in [-0.25, -0.2) is 4.39 Å². The zero-order valence-corrected chi connectivity index (χ0v) is 16.3. The number of fused-ring (bicyclic) bond motifs is 1. The quantitative estimate of drug-likeness (QED) is 0.670. The molecule has 2 unspecified atom stereocenters. The second kappa shape index (κ2) is 7.70. The van der Waals surface area contributed by atoms with E-state index in [1.165, 1.54) is 19.6 Å². The number of methoxy groups -OCH3 is 1. The Balaban J connectivity index is 1.74. The number of nitrogens with one attached hydrogen (secondary N) is 2. The van der Waals surface area contributed by atoms with Gasteiger partial charge in [0.25, 0.3) is 11.9 Å². The monoisotopic (exact) mass is 405 g/mol. The van der Waals surface area contributed by atoms with Gasteiger partial charge in [0.05, 0.1) is 13.2 Å². The van der Waals surface area contributed by atoms with E-state index in [2.05, 4.69) is 32.9 Å². The fourth-order valence-electron chi connectivity index (χ4n) is 3.52. The Labute approximate surface area is 164 Å². The molecule has 4 rings (SSSR count). The summed E-state index contributed by atoms with van der Waals surface area (Å²) >= 11 is 1.16. The fourth-order valence-corrected chi connectivity index (χ4v) is 4.56. The van der Waals surface area contributed by atoms with Crippen molar-refractivity contribution in [2.24, 2.45) is 5.92 Å². The first-order valence-electron chi connectivity index (χ1n) is 9.06. The molecule has 2 N–H and O–H groups in total. The third kappa shape index (κ3) is 3.64. The van der Waals surface area contributed by atoms with Gasteiger partial charge in [-0.3, -0.25) is 10.1 Å². The molecule has 1 saturated carbocycles. The predicted molar refractivity (Wildman–Crippen MR) is 103 cm³/mol. The van der Waals surface area contributed by atoms with Crippen LogP contribution in [0.25, 0.3) is 10.1 Å². The van der Waals surface area contributed by atoms with Gasteiger partial charge in [0.15, 0.2) is 17.3 Å². The van der Waals surface area contributed by atoms with Gasteiger partial charge >= 0.3 is 0 Å². The molecule has 2 aromatic heterocycles. The van der Waals surface area contributed by atoms with E-state index in [9.17, 15) is 9.18 Å². The summed E-state index contributed by atoms with van der Waals surface area (Å²) in [4.78, 5) is 13.2. The van der Waals surface area contributed by atoms with E-state index in [-0.39, 0.29) is 17.8 Å². The molecule has 1 amide bonds. The molecule has 2 atom stereocenters. The van der Waals surface area contributed by atoms with E-state index in [0.717, 1.165) is 30.6 Å². The molecular weight excluding hydrogens is 385 g/mol. The number of aromatic amines is 1. The Morgan fingerprint density at radius 2 is 2.25 bits per heavy atom. The number of halogens is 1. The fraction of sp³-hybridized carbons (Fsp3) is 0.444. The Morgan fingerprint density at radius 1 is 1.39 bits per heavy atom.